The van der Waals surface area contributed by atoms with Crippen LogP contribution in [0.25, 0.3) is 0 Å². The highest BCUT2D eigenvalue weighted by Crippen LogP contribution is 2.28. The van der Waals surface area contributed by atoms with E-state index in [1.165, 1.54) is 0 Å². The van der Waals surface area contributed by atoms with Gasteiger partial charge in [-0.3, -0.25) is 4.79 Å². The van der Waals surface area contributed by atoms with Gasteiger partial charge in [-0.05, 0) is 37.9 Å². The minimum absolute atomic E-state index is 0.205. The molecule has 2 saturated heterocycles. The second kappa shape index (κ2) is 5.92. The molecule has 0 spiro atoms. The molecule has 2 fully saturated rings. The molecular weight excluding hydrogens is 244 g/mol. The van der Waals surface area contributed by atoms with Crippen molar-refractivity contribution in [2.75, 3.05) is 26.2 Å². The number of likely N-dealkylation sites (tertiary alicyclic amines) is 1. The Balaban J connectivity index is 1.90. The molecule has 19 heavy (non-hydrogen) atoms. The van der Waals surface area contributed by atoms with Gasteiger partial charge in [0.05, 0.1) is 0 Å². The zero-order chi connectivity index (χ0) is 13.9. The molecule has 5 nitrogen and oxygen atoms in total. The summed E-state index contributed by atoms with van der Waals surface area (Å²) >= 11 is 0. The molecule has 2 aliphatic heterocycles. The maximum atomic E-state index is 11.5. The third kappa shape index (κ3) is 4.21. The zero-order valence-corrected chi connectivity index (χ0v) is 11.9. The lowest BCUT2D eigenvalue weighted by Crippen LogP contribution is -2.38. The summed E-state index contributed by atoms with van der Waals surface area (Å²) in [6, 6.07) is 0. The molecule has 2 rings (SSSR count). The van der Waals surface area contributed by atoms with Crippen molar-refractivity contribution in [3.8, 4) is 0 Å². The van der Waals surface area contributed by atoms with Crippen LogP contribution in [-0.2, 0) is 14.3 Å². The number of allylic oxidation sites excluding steroid dienone is 1. The van der Waals surface area contributed by atoms with Crippen LogP contribution in [0.3, 0.4) is 0 Å². The summed E-state index contributed by atoms with van der Waals surface area (Å²) in [5.74, 6) is 0.217. The monoisotopic (exact) mass is 268 g/mol. The molecule has 0 atom stereocenters. The Kier molecular flexibility index (Phi) is 4.47. The van der Waals surface area contributed by atoms with E-state index in [1.54, 1.807) is 13.8 Å². The molecule has 108 valence electrons. The molecule has 5 heteroatoms. The number of ether oxygens (including phenoxy) is 2. The van der Waals surface area contributed by atoms with Crippen molar-refractivity contribution >= 4 is 5.97 Å². The van der Waals surface area contributed by atoms with Gasteiger partial charge in [-0.15, -0.1) is 0 Å². The third-order valence-electron chi connectivity index (χ3n) is 3.55. The van der Waals surface area contributed by atoms with Crippen molar-refractivity contribution in [3.63, 3.8) is 0 Å². The number of cyclic esters (lactones) is 1. The molecular formula is C14H24N2O3. The maximum Gasteiger partial charge on any atom is 0.316 e. The van der Waals surface area contributed by atoms with E-state index in [-0.39, 0.29) is 12.4 Å². The molecule has 0 aromatic carbocycles. The minimum atomic E-state index is -0.832. The molecule has 0 aromatic heterocycles. The van der Waals surface area contributed by atoms with E-state index in [0.717, 1.165) is 44.8 Å². The van der Waals surface area contributed by atoms with Gasteiger partial charge in [-0.1, -0.05) is 0 Å². The molecule has 2 heterocycles. The van der Waals surface area contributed by atoms with Crippen LogP contribution in [0.1, 0.15) is 33.1 Å². The Hall–Kier alpha value is -1.07. The van der Waals surface area contributed by atoms with Gasteiger partial charge in [0, 0.05) is 26.9 Å². The van der Waals surface area contributed by atoms with Gasteiger partial charge in [-0.2, -0.15) is 0 Å². The number of carbonyl (C=O) groups excluding carboxylic acids is 1. The predicted octanol–water partition coefficient (Wildman–Crippen LogP) is 1.24. The quantitative estimate of drug-likeness (QED) is 0.780. The average molecular weight is 268 g/mol. The van der Waals surface area contributed by atoms with Gasteiger partial charge in [0.15, 0.2) is 0 Å². The Morgan fingerprint density at radius 3 is 2.63 bits per heavy atom. The lowest BCUT2D eigenvalue weighted by atomic mass is 9.95. The van der Waals surface area contributed by atoms with E-state index in [1.807, 2.05) is 0 Å². The Labute approximate surface area is 114 Å². The molecule has 2 N–H and O–H groups in total. The first-order chi connectivity index (χ1) is 8.98. The number of hydrogen-bond acceptors (Lipinski definition) is 5. The summed E-state index contributed by atoms with van der Waals surface area (Å²) in [6.45, 7) is 7.36. The number of carbonyl (C=O) groups is 1. The molecule has 0 aromatic rings. The number of nitrogens with two attached hydrogens (primary N) is 1. The standard InChI is InChI=1S/C14H24N2O3/c1-14(2)18-12(10-13(17)19-14)9-11-3-6-16(7-4-11)8-5-15/h9,11H,3-8,10,15H2,1-2H3/b12-9-. The van der Waals surface area contributed by atoms with Crippen molar-refractivity contribution in [3.05, 3.63) is 11.8 Å². The first-order valence-electron chi connectivity index (χ1n) is 7.02. The third-order valence-corrected chi connectivity index (χ3v) is 3.55. The zero-order valence-electron chi connectivity index (χ0n) is 11.9. The van der Waals surface area contributed by atoms with Crippen molar-refractivity contribution in [2.45, 2.75) is 38.9 Å². The topological polar surface area (TPSA) is 64.8 Å². The van der Waals surface area contributed by atoms with Crippen LogP contribution >= 0.6 is 0 Å². The molecule has 0 bridgehead atoms. The molecule has 0 radical (unpaired) electrons. The summed E-state index contributed by atoms with van der Waals surface area (Å²) in [6.07, 6.45) is 4.57. The average Bonchev–Trinajstić information content (AvgIpc) is 2.29. The highest BCUT2D eigenvalue weighted by molar-refractivity contribution is 5.73. The summed E-state index contributed by atoms with van der Waals surface area (Å²) < 4.78 is 10.8. The summed E-state index contributed by atoms with van der Waals surface area (Å²) in [5.41, 5.74) is 5.56. The summed E-state index contributed by atoms with van der Waals surface area (Å²) in [7, 11) is 0. The Bertz CT molecular complexity index is 358. The van der Waals surface area contributed by atoms with Crippen LogP contribution < -0.4 is 5.73 Å². The molecule has 2 aliphatic rings. The number of hydrogen-bond donors (Lipinski definition) is 1. The first-order valence-corrected chi connectivity index (χ1v) is 7.02. The van der Waals surface area contributed by atoms with Crippen LogP contribution in [0.15, 0.2) is 11.8 Å². The van der Waals surface area contributed by atoms with Crippen molar-refractivity contribution in [1.29, 1.82) is 0 Å². The molecule has 0 saturated carbocycles. The van der Waals surface area contributed by atoms with Gasteiger partial charge < -0.3 is 20.1 Å². The predicted molar refractivity (Wildman–Crippen MR) is 72.2 cm³/mol. The fourth-order valence-corrected chi connectivity index (χ4v) is 2.71. The first kappa shape index (κ1) is 14.3. The van der Waals surface area contributed by atoms with E-state index >= 15 is 0 Å². The maximum absolute atomic E-state index is 11.5. The summed E-state index contributed by atoms with van der Waals surface area (Å²) in [5, 5.41) is 0. The highest BCUT2D eigenvalue weighted by atomic mass is 16.7. The van der Waals surface area contributed by atoms with E-state index in [4.69, 9.17) is 15.2 Å². The smallest absolute Gasteiger partial charge is 0.316 e. The van der Waals surface area contributed by atoms with E-state index in [9.17, 15) is 4.79 Å². The lowest BCUT2D eigenvalue weighted by Gasteiger charge is -2.34. The SMILES string of the molecule is CC1(C)OC(=O)C/C(=C/C2CCN(CCN)CC2)O1. The number of rotatable bonds is 3. The molecule has 0 amide bonds. The Morgan fingerprint density at radius 2 is 2.05 bits per heavy atom. The van der Waals surface area contributed by atoms with E-state index < -0.39 is 5.79 Å². The Morgan fingerprint density at radius 1 is 1.37 bits per heavy atom. The number of esters is 1. The molecule has 0 aliphatic carbocycles. The van der Waals surface area contributed by atoms with Crippen LogP contribution in [0.5, 0.6) is 0 Å². The second-order valence-electron chi connectivity index (χ2n) is 5.75. The summed E-state index contributed by atoms with van der Waals surface area (Å²) in [4.78, 5) is 13.9. The van der Waals surface area contributed by atoms with Crippen molar-refractivity contribution in [2.24, 2.45) is 11.7 Å². The van der Waals surface area contributed by atoms with Crippen LogP contribution in [0.2, 0.25) is 0 Å². The highest BCUT2D eigenvalue weighted by Gasteiger charge is 2.32. The normalized spacial score (nSPS) is 27.1. The minimum Gasteiger partial charge on any atom is -0.457 e. The van der Waals surface area contributed by atoms with E-state index in [0.29, 0.717) is 5.92 Å². The van der Waals surface area contributed by atoms with E-state index in [2.05, 4.69) is 11.0 Å². The van der Waals surface area contributed by atoms with Crippen LogP contribution in [0, 0.1) is 5.92 Å². The van der Waals surface area contributed by atoms with Crippen molar-refractivity contribution in [1.82, 2.24) is 4.90 Å². The van der Waals surface area contributed by atoms with Gasteiger partial charge >= 0.3 is 5.97 Å². The van der Waals surface area contributed by atoms with Crippen LogP contribution in [0.4, 0.5) is 0 Å². The van der Waals surface area contributed by atoms with Gasteiger partial charge in [0.25, 0.3) is 0 Å². The van der Waals surface area contributed by atoms with Crippen LogP contribution in [-0.4, -0.2) is 42.8 Å². The molecule has 0 unspecified atom stereocenters. The number of piperidine rings is 1. The van der Waals surface area contributed by atoms with Gasteiger partial charge in [-0.25, -0.2) is 0 Å². The van der Waals surface area contributed by atoms with Gasteiger partial charge in [0.1, 0.15) is 12.2 Å². The fraction of sp³-hybridized carbons (Fsp3) is 0.786. The second-order valence-corrected chi connectivity index (χ2v) is 5.75. The lowest BCUT2D eigenvalue weighted by molar-refractivity contribution is -0.218. The van der Waals surface area contributed by atoms with Gasteiger partial charge in [0.2, 0.25) is 5.79 Å². The number of nitrogens with zero attached hydrogens (tertiary/aromatic N) is 1. The fourth-order valence-electron chi connectivity index (χ4n) is 2.71. The largest absolute Gasteiger partial charge is 0.457 e. The van der Waals surface area contributed by atoms with Crippen molar-refractivity contribution < 1.29 is 14.3 Å².